The van der Waals surface area contributed by atoms with Gasteiger partial charge >= 0.3 is 5.97 Å². The van der Waals surface area contributed by atoms with E-state index in [1.54, 1.807) is 0 Å². The molecule has 0 fully saturated rings. The molecule has 0 saturated carbocycles. The maximum atomic E-state index is 11.4. The molecule has 0 bridgehead atoms. The van der Waals surface area contributed by atoms with Crippen LogP contribution >= 0.6 is 11.6 Å². The molecule has 0 aromatic heterocycles. The Bertz CT molecular complexity index is 281. The third kappa shape index (κ3) is 21.8. The number of carbonyl (C=O) groups excluding carboxylic acids is 1. The summed E-state index contributed by atoms with van der Waals surface area (Å²) in [6.45, 7) is 2.76. The lowest BCUT2D eigenvalue weighted by atomic mass is 10.0. The van der Waals surface area contributed by atoms with E-state index in [1.807, 2.05) is 0 Å². The first-order valence-corrected chi connectivity index (χ1v) is 12.1. The van der Waals surface area contributed by atoms with Gasteiger partial charge in [-0.2, -0.15) is 0 Å². The van der Waals surface area contributed by atoms with Crippen molar-refractivity contribution in [2.45, 2.75) is 129 Å². The van der Waals surface area contributed by atoms with Gasteiger partial charge in [0.05, 0.1) is 6.61 Å². The van der Waals surface area contributed by atoms with Crippen LogP contribution in [0.25, 0.3) is 0 Å². The van der Waals surface area contributed by atoms with Crippen molar-refractivity contribution in [3.8, 4) is 0 Å². The summed E-state index contributed by atoms with van der Waals surface area (Å²) in [5.41, 5.74) is 0. The maximum Gasteiger partial charge on any atom is 0.305 e. The Morgan fingerprint density at radius 2 is 1.00 bits per heavy atom. The number of hydrogen-bond donors (Lipinski definition) is 0. The van der Waals surface area contributed by atoms with Crippen molar-refractivity contribution in [3.05, 3.63) is 0 Å². The van der Waals surface area contributed by atoms with Crippen LogP contribution in [-0.2, 0) is 9.53 Å². The van der Waals surface area contributed by atoms with Crippen LogP contribution in [0.1, 0.15) is 129 Å². The van der Waals surface area contributed by atoms with Gasteiger partial charge in [-0.3, -0.25) is 4.79 Å². The molecular formula is C23H45ClO2. The Hall–Kier alpha value is -0.240. The molecular weight excluding hydrogens is 344 g/mol. The number of esters is 1. The van der Waals surface area contributed by atoms with Crippen LogP contribution in [-0.4, -0.2) is 18.5 Å². The van der Waals surface area contributed by atoms with Crippen LogP contribution in [0.5, 0.6) is 0 Å². The third-order valence-electron chi connectivity index (χ3n) is 5.03. The molecule has 0 aromatic carbocycles. The smallest absolute Gasteiger partial charge is 0.305 e. The van der Waals surface area contributed by atoms with Crippen molar-refractivity contribution < 1.29 is 9.53 Å². The summed E-state index contributed by atoms with van der Waals surface area (Å²) in [6, 6.07) is 0. The topological polar surface area (TPSA) is 26.3 Å². The van der Waals surface area contributed by atoms with Gasteiger partial charge in [0, 0.05) is 12.3 Å². The maximum absolute atomic E-state index is 11.4. The minimum atomic E-state index is -0.0592. The Kier molecular flexibility index (Phi) is 22.6. The average Bonchev–Trinajstić information content (AvgIpc) is 2.64. The number of hydrogen-bond acceptors (Lipinski definition) is 2. The normalized spacial score (nSPS) is 11.0. The highest BCUT2D eigenvalue weighted by molar-refractivity contribution is 6.17. The summed E-state index contributed by atoms with van der Waals surface area (Å²) < 4.78 is 5.09. The number of halogens is 1. The molecule has 0 aliphatic carbocycles. The van der Waals surface area contributed by atoms with E-state index in [-0.39, 0.29) is 5.97 Å². The SMILES string of the molecule is CCCCCCCCCCCCCCCCCCCC(=O)OCCCCl. The van der Waals surface area contributed by atoms with Gasteiger partial charge in [0.2, 0.25) is 0 Å². The molecule has 0 spiro atoms. The van der Waals surface area contributed by atoms with E-state index >= 15 is 0 Å². The van der Waals surface area contributed by atoms with Crippen molar-refractivity contribution in [2.75, 3.05) is 12.5 Å². The lowest BCUT2D eigenvalue weighted by Gasteiger charge is -2.04. The molecule has 0 radical (unpaired) electrons. The van der Waals surface area contributed by atoms with Gasteiger partial charge in [-0.05, 0) is 12.8 Å². The molecule has 3 heteroatoms. The standard InChI is InChI=1S/C23H45ClO2/c1-2-3-4-5-6-7-8-9-10-11-12-13-14-15-16-17-18-20-23(25)26-22-19-21-24/h2-22H2,1H3. The molecule has 0 aliphatic heterocycles. The second kappa shape index (κ2) is 22.8. The van der Waals surface area contributed by atoms with Gasteiger partial charge in [-0.25, -0.2) is 0 Å². The molecule has 156 valence electrons. The first-order chi connectivity index (χ1) is 12.8. The van der Waals surface area contributed by atoms with Crippen LogP contribution in [0.15, 0.2) is 0 Å². The molecule has 0 unspecified atom stereocenters. The van der Waals surface area contributed by atoms with Crippen LogP contribution in [0.4, 0.5) is 0 Å². The van der Waals surface area contributed by atoms with Crippen molar-refractivity contribution in [1.29, 1.82) is 0 Å². The average molecular weight is 389 g/mol. The Balaban J connectivity index is 3.06. The third-order valence-corrected chi connectivity index (χ3v) is 5.29. The fourth-order valence-electron chi connectivity index (χ4n) is 3.31. The summed E-state index contributed by atoms with van der Waals surface area (Å²) in [5.74, 6) is 0.503. The largest absolute Gasteiger partial charge is 0.466 e. The zero-order valence-electron chi connectivity index (χ0n) is 17.5. The van der Waals surface area contributed by atoms with Crippen LogP contribution < -0.4 is 0 Å². The summed E-state index contributed by atoms with van der Waals surface area (Å²) in [4.78, 5) is 11.4. The van der Waals surface area contributed by atoms with Gasteiger partial charge in [0.1, 0.15) is 0 Å². The number of unbranched alkanes of at least 4 members (excludes halogenated alkanes) is 16. The van der Waals surface area contributed by atoms with Gasteiger partial charge in [-0.1, -0.05) is 110 Å². The predicted octanol–water partition coefficient (Wildman–Crippen LogP) is 8.20. The minimum absolute atomic E-state index is 0.0592. The summed E-state index contributed by atoms with van der Waals surface area (Å²) in [7, 11) is 0. The zero-order valence-corrected chi connectivity index (χ0v) is 18.3. The molecule has 0 atom stereocenters. The fourth-order valence-corrected chi connectivity index (χ4v) is 3.42. The van der Waals surface area contributed by atoms with E-state index < -0.39 is 0 Å². The quantitative estimate of drug-likeness (QED) is 0.112. The molecule has 0 aromatic rings. The minimum Gasteiger partial charge on any atom is -0.466 e. The highest BCUT2D eigenvalue weighted by atomic mass is 35.5. The Morgan fingerprint density at radius 1 is 0.615 bits per heavy atom. The molecule has 0 saturated heterocycles. The van der Waals surface area contributed by atoms with Gasteiger partial charge in [-0.15, -0.1) is 11.6 Å². The van der Waals surface area contributed by atoms with Crippen molar-refractivity contribution in [1.82, 2.24) is 0 Å². The second-order valence-corrected chi connectivity index (χ2v) is 8.05. The molecule has 0 heterocycles. The van der Waals surface area contributed by atoms with Gasteiger partial charge in [0.25, 0.3) is 0 Å². The highest BCUT2D eigenvalue weighted by Crippen LogP contribution is 2.14. The summed E-state index contributed by atoms with van der Waals surface area (Å²) in [5, 5.41) is 0. The van der Waals surface area contributed by atoms with Crippen LogP contribution in [0.3, 0.4) is 0 Å². The second-order valence-electron chi connectivity index (χ2n) is 7.67. The van der Waals surface area contributed by atoms with E-state index in [2.05, 4.69) is 6.92 Å². The van der Waals surface area contributed by atoms with Gasteiger partial charge < -0.3 is 4.74 Å². The molecule has 0 amide bonds. The van der Waals surface area contributed by atoms with E-state index in [4.69, 9.17) is 16.3 Å². The Labute approximate surface area is 168 Å². The van der Waals surface area contributed by atoms with Crippen molar-refractivity contribution >= 4 is 17.6 Å². The van der Waals surface area contributed by atoms with E-state index in [0.29, 0.717) is 18.9 Å². The number of ether oxygens (including phenoxy) is 1. The fraction of sp³-hybridized carbons (Fsp3) is 0.957. The lowest BCUT2D eigenvalue weighted by Crippen LogP contribution is -2.05. The predicted molar refractivity (Wildman–Crippen MR) is 115 cm³/mol. The van der Waals surface area contributed by atoms with Crippen LogP contribution in [0.2, 0.25) is 0 Å². The Morgan fingerprint density at radius 3 is 1.38 bits per heavy atom. The number of rotatable bonds is 21. The summed E-state index contributed by atoms with van der Waals surface area (Å²) >= 11 is 5.55. The van der Waals surface area contributed by atoms with E-state index in [1.165, 1.54) is 96.3 Å². The van der Waals surface area contributed by atoms with Crippen LogP contribution in [0, 0.1) is 0 Å². The monoisotopic (exact) mass is 388 g/mol. The first kappa shape index (κ1) is 25.8. The summed E-state index contributed by atoms with van der Waals surface area (Å²) in [6.07, 6.45) is 24.5. The van der Waals surface area contributed by atoms with E-state index in [9.17, 15) is 4.79 Å². The van der Waals surface area contributed by atoms with Crippen molar-refractivity contribution in [3.63, 3.8) is 0 Å². The number of alkyl halides is 1. The molecule has 2 nitrogen and oxygen atoms in total. The van der Waals surface area contributed by atoms with E-state index in [0.717, 1.165) is 19.3 Å². The van der Waals surface area contributed by atoms with Gasteiger partial charge in [0.15, 0.2) is 0 Å². The lowest BCUT2D eigenvalue weighted by molar-refractivity contribution is -0.143. The number of carbonyl (C=O) groups is 1. The molecule has 0 aliphatic rings. The first-order valence-electron chi connectivity index (χ1n) is 11.5. The molecule has 26 heavy (non-hydrogen) atoms. The molecule has 0 rings (SSSR count). The highest BCUT2D eigenvalue weighted by Gasteiger charge is 2.02. The zero-order chi connectivity index (χ0) is 19.1. The van der Waals surface area contributed by atoms with Crippen molar-refractivity contribution in [2.24, 2.45) is 0 Å². The molecule has 0 N–H and O–H groups in total.